The number of fused-ring (bicyclic) bond motifs is 1. The topological polar surface area (TPSA) is 73.2 Å². The summed E-state index contributed by atoms with van der Waals surface area (Å²) in [5, 5.41) is 4.67. The summed E-state index contributed by atoms with van der Waals surface area (Å²) in [6.07, 6.45) is 9.54. The molecule has 32 heavy (non-hydrogen) atoms. The number of carbonyl (C=O) groups excluding carboxylic acids is 1. The smallest absolute Gasteiger partial charge is 0.262 e. The molecule has 4 aliphatic carbocycles. The number of benzene rings is 1. The van der Waals surface area contributed by atoms with Crippen molar-refractivity contribution in [1.82, 2.24) is 14.9 Å². The zero-order valence-electron chi connectivity index (χ0n) is 18.4. The van der Waals surface area contributed by atoms with Gasteiger partial charge in [0.05, 0.1) is 29.3 Å². The molecule has 1 saturated heterocycles. The summed E-state index contributed by atoms with van der Waals surface area (Å²) in [6, 6.07) is 7.46. The Labute approximate surface area is 192 Å². The summed E-state index contributed by atoms with van der Waals surface area (Å²) in [5.74, 6) is 2.76. The maximum atomic E-state index is 13.2. The fourth-order valence-electron chi connectivity index (χ4n) is 7.14. The standard InChI is InChI=1S/C25H31N3O3S/c29-22(27-25-11-16-8-17(12-25)10-18(9-16)13-25)15-32-24-26-21-6-2-1-5-20(21)23(30)28(24)14-19-4-3-7-31-19/h1-2,5-6,16-19H,3-4,7-15H2,(H,27,29). The van der Waals surface area contributed by atoms with Gasteiger partial charge < -0.3 is 10.1 Å². The van der Waals surface area contributed by atoms with Crippen molar-refractivity contribution in [2.75, 3.05) is 12.4 Å². The van der Waals surface area contributed by atoms with Crippen LogP contribution in [-0.4, -0.2) is 39.5 Å². The van der Waals surface area contributed by atoms with Gasteiger partial charge in [-0.15, -0.1) is 0 Å². The zero-order valence-corrected chi connectivity index (χ0v) is 19.2. The van der Waals surface area contributed by atoms with Crippen LogP contribution in [0.2, 0.25) is 0 Å². The molecule has 1 amide bonds. The van der Waals surface area contributed by atoms with Crippen molar-refractivity contribution in [2.24, 2.45) is 17.8 Å². The number of carbonyl (C=O) groups is 1. The lowest BCUT2D eigenvalue weighted by molar-refractivity contribution is -0.124. The Morgan fingerprint density at radius 3 is 2.56 bits per heavy atom. The van der Waals surface area contributed by atoms with Gasteiger partial charge in [0, 0.05) is 12.1 Å². The number of rotatable bonds is 6. The Morgan fingerprint density at radius 1 is 1.16 bits per heavy atom. The van der Waals surface area contributed by atoms with E-state index in [1.54, 1.807) is 4.57 Å². The maximum absolute atomic E-state index is 13.2. The maximum Gasteiger partial charge on any atom is 0.262 e. The first-order valence-corrected chi connectivity index (χ1v) is 13.1. The fourth-order valence-corrected chi connectivity index (χ4v) is 7.95. The van der Waals surface area contributed by atoms with Gasteiger partial charge in [-0.1, -0.05) is 23.9 Å². The van der Waals surface area contributed by atoms with Crippen LogP contribution in [-0.2, 0) is 16.1 Å². The summed E-state index contributed by atoms with van der Waals surface area (Å²) >= 11 is 1.38. The Hall–Kier alpha value is -1.86. The highest BCUT2D eigenvalue weighted by Crippen LogP contribution is 2.55. The molecule has 7 heteroatoms. The first-order chi connectivity index (χ1) is 15.6. The monoisotopic (exact) mass is 453 g/mol. The van der Waals surface area contributed by atoms with E-state index in [1.165, 1.54) is 31.0 Å². The molecule has 5 fully saturated rings. The molecule has 1 N–H and O–H groups in total. The normalized spacial score (nSPS) is 33.1. The van der Waals surface area contributed by atoms with Gasteiger partial charge in [0.15, 0.2) is 5.16 Å². The minimum absolute atomic E-state index is 0.0144. The van der Waals surface area contributed by atoms with E-state index in [9.17, 15) is 9.59 Å². The highest BCUT2D eigenvalue weighted by atomic mass is 32.2. The molecule has 4 saturated carbocycles. The highest BCUT2D eigenvalue weighted by molar-refractivity contribution is 7.99. The number of hydrogen-bond donors (Lipinski definition) is 1. The lowest BCUT2D eigenvalue weighted by Crippen LogP contribution is -2.60. The van der Waals surface area contributed by atoms with Gasteiger partial charge in [0.2, 0.25) is 5.91 Å². The minimum atomic E-state index is -0.0462. The molecule has 5 aliphatic rings. The van der Waals surface area contributed by atoms with E-state index >= 15 is 0 Å². The largest absolute Gasteiger partial charge is 0.376 e. The predicted octanol–water partition coefficient (Wildman–Crippen LogP) is 3.75. The molecule has 1 aliphatic heterocycles. The summed E-state index contributed by atoms with van der Waals surface area (Å²) in [6.45, 7) is 1.24. The third-order valence-corrected chi connectivity index (χ3v) is 8.99. The van der Waals surface area contributed by atoms with Gasteiger partial charge in [-0.3, -0.25) is 14.2 Å². The molecule has 2 heterocycles. The van der Waals surface area contributed by atoms with Crippen LogP contribution in [0.15, 0.2) is 34.2 Å². The molecule has 1 atom stereocenters. The summed E-state index contributed by atoms with van der Waals surface area (Å²) in [7, 11) is 0. The van der Waals surface area contributed by atoms with Gasteiger partial charge in [-0.05, 0) is 81.3 Å². The minimum Gasteiger partial charge on any atom is -0.376 e. The number of aromatic nitrogens is 2. The Morgan fingerprint density at radius 2 is 1.88 bits per heavy atom. The van der Waals surface area contributed by atoms with Crippen molar-refractivity contribution in [3.8, 4) is 0 Å². The molecule has 1 aromatic carbocycles. The molecule has 7 rings (SSSR count). The van der Waals surface area contributed by atoms with E-state index in [-0.39, 0.29) is 28.9 Å². The third-order valence-electron chi connectivity index (χ3n) is 8.01. The van der Waals surface area contributed by atoms with Crippen molar-refractivity contribution in [3.63, 3.8) is 0 Å². The molecular weight excluding hydrogens is 422 g/mol. The second-order valence-corrected chi connectivity index (χ2v) is 11.4. The Bertz CT molecular complexity index is 1060. The van der Waals surface area contributed by atoms with E-state index in [4.69, 9.17) is 9.72 Å². The van der Waals surface area contributed by atoms with Gasteiger partial charge in [0.25, 0.3) is 5.56 Å². The molecule has 1 aromatic heterocycles. The van der Waals surface area contributed by atoms with Crippen molar-refractivity contribution in [1.29, 1.82) is 0 Å². The lowest BCUT2D eigenvalue weighted by Gasteiger charge is -2.56. The predicted molar refractivity (Wildman–Crippen MR) is 125 cm³/mol. The fraction of sp³-hybridized carbons (Fsp3) is 0.640. The van der Waals surface area contributed by atoms with Crippen LogP contribution in [0.4, 0.5) is 0 Å². The Balaban J connectivity index is 1.20. The zero-order chi connectivity index (χ0) is 21.7. The average Bonchev–Trinajstić information content (AvgIpc) is 3.26. The van der Waals surface area contributed by atoms with Gasteiger partial charge >= 0.3 is 0 Å². The quantitative estimate of drug-likeness (QED) is 0.533. The van der Waals surface area contributed by atoms with E-state index in [1.807, 2.05) is 24.3 Å². The van der Waals surface area contributed by atoms with Crippen molar-refractivity contribution in [2.45, 2.75) is 74.7 Å². The summed E-state index contributed by atoms with van der Waals surface area (Å²) in [4.78, 5) is 31.0. The number of nitrogens with one attached hydrogen (secondary N) is 1. The number of amides is 1. The van der Waals surface area contributed by atoms with Gasteiger partial charge in [-0.2, -0.15) is 0 Å². The van der Waals surface area contributed by atoms with E-state index in [0.717, 1.165) is 56.5 Å². The number of hydrogen-bond acceptors (Lipinski definition) is 5. The van der Waals surface area contributed by atoms with Crippen LogP contribution in [0.5, 0.6) is 0 Å². The van der Waals surface area contributed by atoms with Crippen molar-refractivity contribution in [3.05, 3.63) is 34.6 Å². The van der Waals surface area contributed by atoms with Crippen LogP contribution in [0.3, 0.4) is 0 Å². The molecule has 0 radical (unpaired) electrons. The molecule has 4 bridgehead atoms. The van der Waals surface area contributed by atoms with E-state index < -0.39 is 0 Å². The lowest BCUT2D eigenvalue weighted by atomic mass is 9.53. The molecule has 1 unspecified atom stereocenters. The van der Waals surface area contributed by atoms with Crippen LogP contribution in [0.1, 0.15) is 51.4 Å². The second-order valence-electron chi connectivity index (χ2n) is 10.5. The SMILES string of the molecule is O=C(CSc1nc2ccccc2c(=O)n1CC1CCCO1)NC12CC3CC(CC(C3)C1)C2. The van der Waals surface area contributed by atoms with E-state index in [0.29, 0.717) is 22.6 Å². The summed E-state index contributed by atoms with van der Waals surface area (Å²) in [5.41, 5.74) is 0.653. The molecule has 6 nitrogen and oxygen atoms in total. The van der Waals surface area contributed by atoms with Gasteiger partial charge in [0.1, 0.15) is 0 Å². The molecule has 2 aromatic rings. The van der Waals surface area contributed by atoms with Crippen LogP contribution < -0.4 is 10.9 Å². The highest BCUT2D eigenvalue weighted by Gasteiger charge is 2.51. The molecule has 170 valence electrons. The first-order valence-electron chi connectivity index (χ1n) is 12.1. The number of para-hydroxylation sites is 1. The van der Waals surface area contributed by atoms with Crippen LogP contribution >= 0.6 is 11.8 Å². The van der Waals surface area contributed by atoms with Gasteiger partial charge in [-0.25, -0.2) is 4.98 Å². The van der Waals surface area contributed by atoms with E-state index in [2.05, 4.69) is 5.32 Å². The summed E-state index contributed by atoms with van der Waals surface area (Å²) < 4.78 is 7.51. The van der Waals surface area contributed by atoms with Crippen molar-refractivity contribution < 1.29 is 9.53 Å². The number of ether oxygens (including phenoxy) is 1. The first kappa shape index (κ1) is 20.7. The van der Waals surface area contributed by atoms with Crippen LogP contribution in [0, 0.1) is 17.8 Å². The Kier molecular flexibility index (Phi) is 5.29. The van der Waals surface area contributed by atoms with Crippen molar-refractivity contribution >= 4 is 28.6 Å². The van der Waals surface area contributed by atoms with Crippen LogP contribution in [0.25, 0.3) is 10.9 Å². The molecular formula is C25H31N3O3S. The number of thioether (sulfide) groups is 1. The third kappa shape index (κ3) is 3.87. The molecule has 0 spiro atoms. The number of nitrogens with zero attached hydrogens (tertiary/aromatic N) is 2. The average molecular weight is 454 g/mol. The second kappa shape index (κ2) is 8.17.